The number of halogens is 1. The average molecular weight is 510 g/mol. The van der Waals surface area contributed by atoms with Gasteiger partial charge in [0.25, 0.3) is 5.91 Å². The van der Waals surface area contributed by atoms with Crippen LogP contribution in [0.15, 0.2) is 36.7 Å². The number of amides is 1. The zero-order valence-corrected chi connectivity index (χ0v) is 21.3. The molecule has 3 aromatic rings. The summed E-state index contributed by atoms with van der Waals surface area (Å²) >= 11 is 0. The van der Waals surface area contributed by atoms with Gasteiger partial charge in [-0.15, -0.1) is 0 Å². The molecule has 0 atom stereocenters. The van der Waals surface area contributed by atoms with E-state index in [0.29, 0.717) is 61.2 Å². The van der Waals surface area contributed by atoms with Crippen molar-refractivity contribution in [1.82, 2.24) is 20.2 Å². The third-order valence-electron chi connectivity index (χ3n) is 6.90. The Morgan fingerprint density at radius 2 is 2.05 bits per heavy atom. The van der Waals surface area contributed by atoms with E-state index in [1.807, 2.05) is 6.07 Å². The molecule has 4 heterocycles. The standard InChI is InChI=1S/C27H32FN5O4/c1-27(2,33-11-13-36-14-12-33)16-37-21-15-29-9-7-17(21)23-24(22-19(31-23)8-10-30-26(22)34)32-20-6-4-5-18(28)25(20)35-3/h4-7,9,15,31-32H,8,10-14,16H2,1-3H3,(H,30,34). The van der Waals surface area contributed by atoms with E-state index in [1.54, 1.807) is 24.5 Å². The first-order valence-electron chi connectivity index (χ1n) is 12.4. The lowest BCUT2D eigenvalue weighted by Gasteiger charge is -2.40. The Bertz CT molecular complexity index is 1290. The van der Waals surface area contributed by atoms with Crippen molar-refractivity contribution < 1.29 is 23.4 Å². The fourth-order valence-corrected chi connectivity index (χ4v) is 4.87. The van der Waals surface area contributed by atoms with Crippen molar-refractivity contribution in [3.63, 3.8) is 0 Å². The topological polar surface area (TPSA) is 101 Å². The Kier molecular flexibility index (Phi) is 7.03. The number of nitrogens with one attached hydrogen (secondary N) is 3. The number of H-pyrrole nitrogens is 1. The van der Waals surface area contributed by atoms with Gasteiger partial charge in [0.1, 0.15) is 12.4 Å². The highest BCUT2D eigenvalue weighted by Crippen LogP contribution is 2.42. The molecular formula is C27H32FN5O4. The molecule has 0 aliphatic carbocycles. The van der Waals surface area contributed by atoms with Crippen LogP contribution in [0.2, 0.25) is 0 Å². The molecule has 1 aromatic carbocycles. The number of benzene rings is 1. The van der Waals surface area contributed by atoms with Crippen molar-refractivity contribution in [3.05, 3.63) is 53.7 Å². The lowest BCUT2D eigenvalue weighted by Crippen LogP contribution is -2.53. The van der Waals surface area contributed by atoms with Gasteiger partial charge in [-0.1, -0.05) is 6.07 Å². The van der Waals surface area contributed by atoms with Crippen molar-refractivity contribution >= 4 is 17.3 Å². The van der Waals surface area contributed by atoms with Gasteiger partial charge in [-0.2, -0.15) is 0 Å². The summed E-state index contributed by atoms with van der Waals surface area (Å²) in [6.07, 6.45) is 4.00. The summed E-state index contributed by atoms with van der Waals surface area (Å²) < 4.78 is 31.6. The van der Waals surface area contributed by atoms with Crippen LogP contribution in [-0.4, -0.2) is 72.9 Å². The second kappa shape index (κ2) is 10.4. The minimum atomic E-state index is -0.499. The third kappa shape index (κ3) is 4.99. The summed E-state index contributed by atoms with van der Waals surface area (Å²) in [5.74, 6) is -0.0528. The SMILES string of the molecule is COc1c(F)cccc1Nc1c(-c2ccncc2OCC(C)(C)N2CCOCC2)[nH]c2c1C(=O)NCC2. The molecule has 5 rings (SSSR count). The predicted octanol–water partition coefficient (Wildman–Crippen LogP) is 3.74. The molecule has 2 aliphatic heterocycles. The predicted molar refractivity (Wildman–Crippen MR) is 138 cm³/mol. The number of carbonyl (C=O) groups excluding carboxylic acids is 1. The number of methoxy groups -OCH3 is 1. The van der Waals surface area contributed by atoms with E-state index in [9.17, 15) is 9.18 Å². The van der Waals surface area contributed by atoms with E-state index in [4.69, 9.17) is 14.2 Å². The molecule has 0 unspecified atom stereocenters. The van der Waals surface area contributed by atoms with E-state index in [1.165, 1.54) is 13.2 Å². The molecule has 0 bridgehead atoms. The number of hydrogen-bond donors (Lipinski definition) is 3. The molecule has 3 N–H and O–H groups in total. The zero-order valence-electron chi connectivity index (χ0n) is 21.3. The van der Waals surface area contributed by atoms with Crippen LogP contribution in [0.3, 0.4) is 0 Å². The Morgan fingerprint density at radius 1 is 1.24 bits per heavy atom. The van der Waals surface area contributed by atoms with Crippen LogP contribution in [-0.2, 0) is 11.2 Å². The summed E-state index contributed by atoms with van der Waals surface area (Å²) in [5.41, 5.74) is 3.41. The summed E-state index contributed by atoms with van der Waals surface area (Å²) in [7, 11) is 1.41. The van der Waals surface area contributed by atoms with Crippen molar-refractivity contribution in [2.75, 3.05) is 51.9 Å². The number of ether oxygens (including phenoxy) is 3. The monoisotopic (exact) mass is 509 g/mol. The minimum absolute atomic E-state index is 0.0677. The zero-order chi connectivity index (χ0) is 26.0. The molecule has 9 nitrogen and oxygen atoms in total. The number of aromatic amines is 1. The summed E-state index contributed by atoms with van der Waals surface area (Å²) in [5, 5.41) is 6.17. The molecular weight excluding hydrogens is 477 g/mol. The Balaban J connectivity index is 1.53. The smallest absolute Gasteiger partial charge is 0.255 e. The maximum Gasteiger partial charge on any atom is 0.255 e. The molecule has 2 aliphatic rings. The van der Waals surface area contributed by atoms with E-state index in [0.717, 1.165) is 24.3 Å². The number of pyridine rings is 1. The van der Waals surface area contributed by atoms with E-state index in [2.05, 4.69) is 39.3 Å². The first-order chi connectivity index (χ1) is 17.9. The van der Waals surface area contributed by atoms with Gasteiger partial charge in [0.05, 0.1) is 49.2 Å². The third-order valence-corrected chi connectivity index (χ3v) is 6.90. The summed E-state index contributed by atoms with van der Waals surface area (Å²) in [6.45, 7) is 8.36. The molecule has 1 fully saturated rings. The maximum absolute atomic E-state index is 14.5. The minimum Gasteiger partial charge on any atom is -0.492 e. The number of hydrogen-bond acceptors (Lipinski definition) is 7. The van der Waals surface area contributed by atoms with E-state index < -0.39 is 5.82 Å². The second-order valence-electron chi connectivity index (χ2n) is 9.75. The largest absolute Gasteiger partial charge is 0.492 e. The highest BCUT2D eigenvalue weighted by Gasteiger charge is 2.31. The number of aromatic nitrogens is 2. The van der Waals surface area contributed by atoms with Gasteiger partial charge < -0.3 is 29.8 Å². The van der Waals surface area contributed by atoms with Crippen LogP contribution < -0.4 is 20.1 Å². The van der Waals surface area contributed by atoms with Gasteiger partial charge in [-0.3, -0.25) is 14.7 Å². The number of morpholine rings is 1. The lowest BCUT2D eigenvalue weighted by atomic mass is 10.0. The van der Waals surface area contributed by atoms with E-state index >= 15 is 0 Å². The van der Waals surface area contributed by atoms with Crippen molar-refractivity contribution in [1.29, 1.82) is 0 Å². The summed E-state index contributed by atoms with van der Waals surface area (Å²) in [6, 6.07) is 6.48. The molecule has 0 saturated carbocycles. The molecule has 0 spiro atoms. The molecule has 1 amide bonds. The normalized spacial score (nSPS) is 16.2. The average Bonchev–Trinajstić information content (AvgIpc) is 3.27. The number of anilines is 2. The lowest BCUT2D eigenvalue weighted by molar-refractivity contribution is -0.0250. The van der Waals surface area contributed by atoms with Crippen molar-refractivity contribution in [2.24, 2.45) is 0 Å². The molecule has 1 saturated heterocycles. The molecule has 2 aromatic heterocycles. The highest BCUT2D eigenvalue weighted by atomic mass is 19.1. The van der Waals surface area contributed by atoms with Gasteiger partial charge in [-0.05, 0) is 32.0 Å². The number of nitrogens with zero attached hydrogens (tertiary/aromatic N) is 2. The molecule has 0 radical (unpaired) electrons. The van der Waals surface area contributed by atoms with Crippen molar-refractivity contribution in [2.45, 2.75) is 25.8 Å². The quantitative estimate of drug-likeness (QED) is 0.425. The number of rotatable bonds is 8. The van der Waals surface area contributed by atoms with Crippen LogP contribution in [0.25, 0.3) is 11.3 Å². The number of para-hydroxylation sites is 1. The maximum atomic E-state index is 14.5. The van der Waals surface area contributed by atoms with Gasteiger partial charge in [-0.25, -0.2) is 4.39 Å². The van der Waals surface area contributed by atoms with Crippen LogP contribution in [0.4, 0.5) is 15.8 Å². The Hall–Kier alpha value is -3.63. The van der Waals surface area contributed by atoms with Crippen LogP contribution in [0.5, 0.6) is 11.5 Å². The molecule has 196 valence electrons. The van der Waals surface area contributed by atoms with Gasteiger partial charge in [0.2, 0.25) is 0 Å². The van der Waals surface area contributed by atoms with Crippen LogP contribution in [0.1, 0.15) is 29.9 Å². The second-order valence-corrected chi connectivity index (χ2v) is 9.75. The van der Waals surface area contributed by atoms with Gasteiger partial charge in [0.15, 0.2) is 11.6 Å². The van der Waals surface area contributed by atoms with Crippen LogP contribution in [0, 0.1) is 5.82 Å². The first-order valence-corrected chi connectivity index (χ1v) is 12.4. The van der Waals surface area contributed by atoms with Crippen LogP contribution >= 0.6 is 0 Å². The fourth-order valence-electron chi connectivity index (χ4n) is 4.87. The fraction of sp³-hybridized carbons (Fsp3) is 0.407. The first kappa shape index (κ1) is 25.0. The Morgan fingerprint density at radius 3 is 2.84 bits per heavy atom. The summed E-state index contributed by atoms with van der Waals surface area (Å²) in [4.78, 5) is 23.0. The molecule has 10 heteroatoms. The highest BCUT2D eigenvalue weighted by molar-refractivity contribution is 6.06. The van der Waals surface area contributed by atoms with Gasteiger partial charge >= 0.3 is 0 Å². The molecule has 37 heavy (non-hydrogen) atoms. The van der Waals surface area contributed by atoms with Gasteiger partial charge in [0, 0.05) is 49.0 Å². The number of fused-ring (bicyclic) bond motifs is 1. The van der Waals surface area contributed by atoms with Crippen molar-refractivity contribution in [3.8, 4) is 22.8 Å². The van der Waals surface area contributed by atoms with E-state index in [-0.39, 0.29) is 17.2 Å². The Labute approximate surface area is 215 Å². The number of carbonyl (C=O) groups is 1.